The fraction of sp³-hybridized carbons (Fsp3) is 0.500. The summed E-state index contributed by atoms with van der Waals surface area (Å²) in [5.74, 6) is -0.943. The first-order valence-corrected chi connectivity index (χ1v) is 12.5. The molecule has 0 bridgehead atoms. The number of aromatic nitrogens is 2. The molecule has 2 fully saturated rings. The summed E-state index contributed by atoms with van der Waals surface area (Å²) >= 11 is 0. The number of fused-ring (bicyclic) bond motifs is 1. The van der Waals surface area contributed by atoms with Crippen molar-refractivity contribution in [1.29, 1.82) is 0 Å². The van der Waals surface area contributed by atoms with E-state index in [1.54, 1.807) is 32.0 Å². The van der Waals surface area contributed by atoms with E-state index in [2.05, 4.69) is 10.4 Å². The van der Waals surface area contributed by atoms with Crippen molar-refractivity contribution in [2.45, 2.75) is 50.2 Å². The topological polar surface area (TPSA) is 120 Å². The fourth-order valence-corrected chi connectivity index (χ4v) is 6.41. The van der Waals surface area contributed by atoms with Crippen molar-refractivity contribution in [2.75, 3.05) is 31.6 Å². The SMILES string of the molecule is Cc1ccc(-c2c(C)nn3c2NC(=O)CCC3=O)cc1S(=O)(=O)N1CCC2(CC1)OCCO2. The van der Waals surface area contributed by atoms with Crippen molar-refractivity contribution in [2.24, 2.45) is 0 Å². The van der Waals surface area contributed by atoms with Gasteiger partial charge in [0, 0.05) is 44.3 Å². The van der Waals surface area contributed by atoms with Crippen LogP contribution in [0.4, 0.5) is 5.82 Å². The zero-order chi connectivity index (χ0) is 23.4. The van der Waals surface area contributed by atoms with Crippen LogP contribution >= 0.6 is 0 Å². The molecule has 0 saturated carbocycles. The monoisotopic (exact) mass is 474 g/mol. The summed E-state index contributed by atoms with van der Waals surface area (Å²) in [4.78, 5) is 24.8. The second-order valence-electron chi connectivity index (χ2n) is 8.65. The number of rotatable bonds is 3. The van der Waals surface area contributed by atoms with Crippen LogP contribution < -0.4 is 5.32 Å². The largest absolute Gasteiger partial charge is 0.347 e. The maximum absolute atomic E-state index is 13.6. The molecule has 1 aromatic heterocycles. The zero-order valence-corrected chi connectivity index (χ0v) is 19.4. The standard InChI is InChI=1S/C22H26N4O6S/c1-14-3-4-16(20-15(2)24-26-19(28)6-5-18(27)23-21(20)26)13-17(14)33(29,30)25-9-7-22(8-10-25)31-11-12-32-22/h3-4,13H,5-12H2,1-2H3,(H,23,27). The predicted octanol–water partition coefficient (Wildman–Crippen LogP) is 2.07. The van der Waals surface area contributed by atoms with Gasteiger partial charge in [-0.25, -0.2) is 8.42 Å². The number of nitrogens with one attached hydrogen (secondary N) is 1. The van der Waals surface area contributed by atoms with Crippen molar-refractivity contribution in [3.05, 3.63) is 29.5 Å². The third kappa shape index (κ3) is 3.78. The zero-order valence-electron chi connectivity index (χ0n) is 18.6. The van der Waals surface area contributed by atoms with Crippen LogP contribution in [0.15, 0.2) is 23.1 Å². The Bertz CT molecular complexity index is 1240. The Hall–Kier alpha value is -2.60. The number of piperidine rings is 1. The van der Waals surface area contributed by atoms with Crippen LogP contribution in [-0.4, -0.2) is 66.4 Å². The van der Waals surface area contributed by atoms with Gasteiger partial charge in [-0.1, -0.05) is 12.1 Å². The molecule has 11 heteroatoms. The lowest BCUT2D eigenvalue weighted by Crippen LogP contribution is -2.47. The van der Waals surface area contributed by atoms with E-state index in [4.69, 9.17) is 9.47 Å². The summed E-state index contributed by atoms with van der Waals surface area (Å²) in [5.41, 5.74) is 2.26. The van der Waals surface area contributed by atoms with Crippen LogP contribution in [0.3, 0.4) is 0 Å². The predicted molar refractivity (Wildman–Crippen MR) is 118 cm³/mol. The fourth-order valence-electron chi connectivity index (χ4n) is 4.72. The molecule has 3 aliphatic rings. The van der Waals surface area contributed by atoms with Crippen LogP contribution in [0.2, 0.25) is 0 Å². The maximum Gasteiger partial charge on any atom is 0.249 e. The molecule has 4 heterocycles. The van der Waals surface area contributed by atoms with E-state index in [-0.39, 0.29) is 35.4 Å². The summed E-state index contributed by atoms with van der Waals surface area (Å²) in [6.07, 6.45) is 1.11. The Labute approximate surface area is 191 Å². The molecule has 1 aromatic carbocycles. The molecule has 5 rings (SSSR count). The first-order chi connectivity index (χ1) is 15.7. The number of amides is 1. The van der Waals surface area contributed by atoms with Gasteiger partial charge in [0.25, 0.3) is 0 Å². The number of aryl methyl sites for hydroxylation is 2. The lowest BCUT2D eigenvalue weighted by molar-refractivity contribution is -0.179. The van der Waals surface area contributed by atoms with Gasteiger partial charge in [-0.2, -0.15) is 14.1 Å². The van der Waals surface area contributed by atoms with Gasteiger partial charge in [-0.15, -0.1) is 0 Å². The molecule has 0 unspecified atom stereocenters. The van der Waals surface area contributed by atoms with Crippen molar-refractivity contribution in [3.63, 3.8) is 0 Å². The molecule has 2 aromatic rings. The van der Waals surface area contributed by atoms with Crippen LogP contribution in [-0.2, 0) is 24.3 Å². The van der Waals surface area contributed by atoms with E-state index in [1.807, 2.05) is 0 Å². The van der Waals surface area contributed by atoms with E-state index < -0.39 is 15.8 Å². The highest BCUT2D eigenvalue weighted by Crippen LogP contribution is 2.37. The molecular weight excluding hydrogens is 448 g/mol. The van der Waals surface area contributed by atoms with E-state index in [0.29, 0.717) is 61.5 Å². The van der Waals surface area contributed by atoms with Crippen molar-refractivity contribution in [3.8, 4) is 11.1 Å². The molecule has 3 aliphatic heterocycles. The lowest BCUT2D eigenvalue weighted by atomic mass is 10.0. The highest BCUT2D eigenvalue weighted by molar-refractivity contribution is 7.89. The lowest BCUT2D eigenvalue weighted by Gasteiger charge is -2.37. The van der Waals surface area contributed by atoms with Gasteiger partial charge in [-0.05, 0) is 31.0 Å². The third-order valence-corrected chi connectivity index (χ3v) is 8.55. The van der Waals surface area contributed by atoms with Gasteiger partial charge < -0.3 is 14.8 Å². The average molecular weight is 475 g/mol. The number of carbonyl (C=O) groups excluding carboxylic acids is 2. The first kappa shape index (κ1) is 22.2. The summed E-state index contributed by atoms with van der Waals surface area (Å²) in [7, 11) is -3.77. The third-order valence-electron chi connectivity index (χ3n) is 6.51. The second-order valence-corrected chi connectivity index (χ2v) is 10.6. The molecule has 176 valence electrons. The molecule has 0 aliphatic carbocycles. The summed E-state index contributed by atoms with van der Waals surface area (Å²) in [6, 6.07) is 5.12. The number of hydrogen-bond donors (Lipinski definition) is 1. The van der Waals surface area contributed by atoms with Gasteiger partial charge in [-0.3, -0.25) is 9.59 Å². The summed E-state index contributed by atoms with van der Waals surface area (Å²) < 4.78 is 41.2. The van der Waals surface area contributed by atoms with E-state index >= 15 is 0 Å². The number of ether oxygens (including phenoxy) is 2. The van der Waals surface area contributed by atoms with E-state index in [1.165, 1.54) is 8.99 Å². The Balaban J connectivity index is 1.51. The van der Waals surface area contributed by atoms with Crippen molar-refractivity contribution >= 4 is 27.7 Å². The van der Waals surface area contributed by atoms with Crippen LogP contribution in [0, 0.1) is 13.8 Å². The van der Waals surface area contributed by atoms with Crippen LogP contribution in [0.5, 0.6) is 0 Å². The Morgan fingerprint density at radius 2 is 1.76 bits per heavy atom. The number of hydrogen-bond acceptors (Lipinski definition) is 7. The van der Waals surface area contributed by atoms with Gasteiger partial charge in [0.15, 0.2) is 5.79 Å². The molecule has 0 radical (unpaired) electrons. The molecular formula is C22H26N4O6S. The molecule has 2 saturated heterocycles. The Morgan fingerprint density at radius 3 is 2.45 bits per heavy atom. The van der Waals surface area contributed by atoms with E-state index in [0.717, 1.165) is 0 Å². The number of carbonyl (C=O) groups is 2. The number of nitrogens with zero attached hydrogens (tertiary/aromatic N) is 3. The molecule has 1 N–H and O–H groups in total. The normalized spacial score (nSPS) is 21.2. The highest BCUT2D eigenvalue weighted by atomic mass is 32.2. The Morgan fingerprint density at radius 1 is 1.06 bits per heavy atom. The minimum Gasteiger partial charge on any atom is -0.347 e. The Kier molecular flexibility index (Phi) is 5.39. The number of sulfonamides is 1. The maximum atomic E-state index is 13.6. The van der Waals surface area contributed by atoms with Crippen molar-refractivity contribution < 1.29 is 27.5 Å². The second kappa shape index (κ2) is 8.01. The minimum absolute atomic E-state index is 0.0663. The minimum atomic E-state index is -3.77. The molecule has 10 nitrogen and oxygen atoms in total. The average Bonchev–Trinajstić information content (AvgIpc) is 3.33. The quantitative estimate of drug-likeness (QED) is 0.723. The van der Waals surface area contributed by atoms with Crippen molar-refractivity contribution in [1.82, 2.24) is 14.1 Å². The molecule has 1 spiro atoms. The smallest absolute Gasteiger partial charge is 0.249 e. The molecule has 1 amide bonds. The highest BCUT2D eigenvalue weighted by Gasteiger charge is 2.43. The first-order valence-electron chi connectivity index (χ1n) is 11.0. The van der Waals surface area contributed by atoms with Gasteiger partial charge in [0.1, 0.15) is 5.82 Å². The molecule has 33 heavy (non-hydrogen) atoms. The van der Waals surface area contributed by atoms with Gasteiger partial charge in [0.05, 0.1) is 23.8 Å². The van der Waals surface area contributed by atoms with Crippen LogP contribution in [0.25, 0.3) is 11.1 Å². The number of anilines is 1. The van der Waals surface area contributed by atoms with Crippen LogP contribution in [0.1, 0.15) is 41.7 Å². The van der Waals surface area contributed by atoms with Gasteiger partial charge >= 0.3 is 0 Å². The summed E-state index contributed by atoms with van der Waals surface area (Å²) in [6.45, 7) is 5.15. The van der Waals surface area contributed by atoms with Gasteiger partial charge in [0.2, 0.25) is 21.8 Å². The number of benzene rings is 1. The molecule has 0 atom stereocenters. The van der Waals surface area contributed by atoms with E-state index in [9.17, 15) is 18.0 Å². The summed E-state index contributed by atoms with van der Waals surface area (Å²) in [5, 5.41) is 7.07.